The van der Waals surface area contributed by atoms with Crippen molar-refractivity contribution in [3.05, 3.63) is 23.0 Å². The van der Waals surface area contributed by atoms with Gasteiger partial charge in [0.05, 0.1) is 17.0 Å². The zero-order chi connectivity index (χ0) is 15.6. The molecule has 116 valence electrons. The maximum absolute atomic E-state index is 13.8. The van der Waals surface area contributed by atoms with Gasteiger partial charge in [-0.15, -0.1) is 0 Å². The normalized spacial score (nSPS) is 15.1. The molecule has 1 N–H and O–H groups in total. The van der Waals surface area contributed by atoms with Crippen LogP contribution in [0.3, 0.4) is 0 Å². The summed E-state index contributed by atoms with van der Waals surface area (Å²) in [5.74, 6) is -1.21. The quantitative estimate of drug-likeness (QED) is 0.919. The monoisotopic (exact) mass is 336 g/mol. The van der Waals surface area contributed by atoms with Gasteiger partial charge in [0.25, 0.3) is 0 Å². The van der Waals surface area contributed by atoms with Gasteiger partial charge < -0.3 is 9.64 Å². The van der Waals surface area contributed by atoms with Crippen molar-refractivity contribution >= 4 is 33.4 Å². The summed E-state index contributed by atoms with van der Waals surface area (Å²) in [4.78, 5) is 13.3. The smallest absolute Gasteiger partial charge is 0.407 e. The van der Waals surface area contributed by atoms with E-state index >= 15 is 0 Å². The third-order valence-corrected chi connectivity index (χ3v) is 3.78. The first kappa shape index (κ1) is 15.8. The molecule has 0 radical (unpaired) electrons. The molecule has 1 aromatic carbocycles. The maximum Gasteiger partial charge on any atom is 0.415 e. The van der Waals surface area contributed by atoms with Crippen LogP contribution in [-0.4, -0.2) is 38.8 Å². The van der Waals surface area contributed by atoms with Gasteiger partial charge >= 0.3 is 6.09 Å². The first-order chi connectivity index (χ1) is 9.76. The second kappa shape index (κ2) is 6.07. The minimum Gasteiger partial charge on any atom is -0.407 e. The lowest BCUT2D eigenvalue weighted by molar-refractivity contribution is 0.161. The molecule has 0 atom stereocenters. The molecule has 1 aliphatic heterocycles. The summed E-state index contributed by atoms with van der Waals surface area (Å²) >= 11 is 5.75. The summed E-state index contributed by atoms with van der Waals surface area (Å²) in [6, 6.07) is 1.94. The molecular weight excluding hydrogens is 323 g/mol. The van der Waals surface area contributed by atoms with E-state index in [1.54, 1.807) is 0 Å². The highest BCUT2D eigenvalue weighted by Gasteiger charge is 2.22. The molecule has 9 heteroatoms. The van der Waals surface area contributed by atoms with Crippen LogP contribution in [0.15, 0.2) is 12.1 Å². The minimum atomic E-state index is -3.58. The fourth-order valence-corrected chi connectivity index (χ4v) is 2.77. The molecule has 0 aromatic heterocycles. The van der Waals surface area contributed by atoms with Crippen LogP contribution in [0.2, 0.25) is 5.02 Å². The average Bonchev–Trinajstić information content (AvgIpc) is 2.87. The molecule has 0 aliphatic carbocycles. The highest BCUT2D eigenvalue weighted by Crippen LogP contribution is 2.31. The van der Waals surface area contributed by atoms with E-state index in [4.69, 9.17) is 16.3 Å². The lowest BCUT2D eigenvalue weighted by Gasteiger charge is -2.16. The zero-order valence-corrected chi connectivity index (χ0v) is 12.8. The third-order valence-electron chi connectivity index (χ3n) is 2.88. The van der Waals surface area contributed by atoms with Crippen LogP contribution >= 0.6 is 11.6 Å². The summed E-state index contributed by atoms with van der Waals surface area (Å²) in [6.45, 7) is 1.12. The molecule has 1 heterocycles. The second-order valence-electron chi connectivity index (χ2n) is 4.70. The van der Waals surface area contributed by atoms with Crippen LogP contribution in [0.5, 0.6) is 5.75 Å². The molecule has 1 saturated heterocycles. The van der Waals surface area contributed by atoms with Crippen molar-refractivity contribution in [2.24, 2.45) is 0 Å². The van der Waals surface area contributed by atoms with Crippen molar-refractivity contribution in [1.29, 1.82) is 0 Å². The second-order valence-corrected chi connectivity index (χ2v) is 6.85. The lowest BCUT2D eigenvalue weighted by Crippen LogP contribution is -2.30. The number of sulfonamides is 1. The number of nitrogens with one attached hydrogen (secondary N) is 1. The summed E-state index contributed by atoms with van der Waals surface area (Å²) in [6.07, 6.45) is 2.01. The number of anilines is 1. The van der Waals surface area contributed by atoms with E-state index in [-0.39, 0.29) is 16.5 Å². The molecule has 1 aliphatic rings. The largest absolute Gasteiger partial charge is 0.415 e. The van der Waals surface area contributed by atoms with E-state index in [0.717, 1.165) is 31.2 Å². The fourth-order valence-electron chi connectivity index (χ4n) is 1.94. The van der Waals surface area contributed by atoms with Crippen LogP contribution in [0, 0.1) is 5.82 Å². The summed E-state index contributed by atoms with van der Waals surface area (Å²) in [5.41, 5.74) is -0.0511. The highest BCUT2D eigenvalue weighted by molar-refractivity contribution is 7.92. The highest BCUT2D eigenvalue weighted by atomic mass is 35.5. The summed E-state index contributed by atoms with van der Waals surface area (Å²) < 4.78 is 43.2. The van der Waals surface area contributed by atoms with Crippen molar-refractivity contribution in [1.82, 2.24) is 4.90 Å². The van der Waals surface area contributed by atoms with Gasteiger partial charge in [0.1, 0.15) is 0 Å². The predicted molar refractivity (Wildman–Crippen MR) is 76.7 cm³/mol. The van der Waals surface area contributed by atoms with Crippen molar-refractivity contribution in [3.8, 4) is 5.75 Å². The van der Waals surface area contributed by atoms with Crippen molar-refractivity contribution in [2.45, 2.75) is 12.8 Å². The molecule has 1 aromatic rings. The van der Waals surface area contributed by atoms with Gasteiger partial charge in [-0.3, -0.25) is 4.72 Å². The van der Waals surface area contributed by atoms with Crippen LogP contribution in [-0.2, 0) is 10.0 Å². The van der Waals surface area contributed by atoms with Crippen molar-refractivity contribution in [2.75, 3.05) is 24.1 Å². The Morgan fingerprint density at radius 1 is 1.38 bits per heavy atom. The van der Waals surface area contributed by atoms with Crippen LogP contribution in [0.1, 0.15) is 12.8 Å². The number of amides is 1. The Bertz CT molecular complexity index is 659. The van der Waals surface area contributed by atoms with Crippen LogP contribution in [0.4, 0.5) is 14.9 Å². The number of rotatable bonds is 3. The molecule has 6 nitrogen and oxygen atoms in total. The number of benzene rings is 1. The molecule has 1 fully saturated rings. The van der Waals surface area contributed by atoms with Gasteiger partial charge in [-0.2, -0.15) is 0 Å². The Hall–Kier alpha value is -1.54. The molecule has 0 bridgehead atoms. The van der Waals surface area contributed by atoms with E-state index in [2.05, 4.69) is 4.72 Å². The van der Waals surface area contributed by atoms with E-state index < -0.39 is 21.9 Å². The summed E-state index contributed by atoms with van der Waals surface area (Å²) in [7, 11) is -3.58. The number of hydrogen-bond donors (Lipinski definition) is 1. The standard InChI is InChI=1S/C12H14ClFN2O4S/c1-21(18,19)15-10-7-11(9(14)6-8(10)13)20-12(17)16-4-2-3-5-16/h6-7,15H,2-5H2,1H3. The van der Waals surface area contributed by atoms with Gasteiger partial charge in [0.15, 0.2) is 11.6 Å². The molecule has 0 unspecified atom stereocenters. The number of likely N-dealkylation sites (tertiary alicyclic amines) is 1. The Morgan fingerprint density at radius 3 is 2.57 bits per heavy atom. The minimum absolute atomic E-state index is 0.0511. The number of carbonyl (C=O) groups is 1. The number of nitrogens with zero attached hydrogens (tertiary/aromatic N) is 1. The molecule has 21 heavy (non-hydrogen) atoms. The lowest BCUT2D eigenvalue weighted by atomic mass is 10.3. The first-order valence-electron chi connectivity index (χ1n) is 6.20. The van der Waals surface area contributed by atoms with E-state index in [1.165, 1.54) is 4.90 Å². The molecule has 2 rings (SSSR count). The average molecular weight is 337 g/mol. The topological polar surface area (TPSA) is 75.7 Å². The molecule has 0 saturated carbocycles. The van der Waals surface area contributed by atoms with E-state index in [0.29, 0.717) is 13.1 Å². The number of hydrogen-bond acceptors (Lipinski definition) is 4. The molecule has 0 spiro atoms. The Morgan fingerprint density at radius 2 is 2.00 bits per heavy atom. The third kappa shape index (κ3) is 4.21. The Kier molecular flexibility index (Phi) is 4.58. The SMILES string of the molecule is CS(=O)(=O)Nc1cc(OC(=O)N2CCCC2)c(F)cc1Cl. The van der Waals surface area contributed by atoms with Crippen LogP contribution < -0.4 is 9.46 Å². The predicted octanol–water partition coefficient (Wildman–Crippen LogP) is 2.45. The first-order valence-corrected chi connectivity index (χ1v) is 8.47. The fraction of sp³-hybridized carbons (Fsp3) is 0.417. The summed E-state index contributed by atoms with van der Waals surface area (Å²) in [5, 5.41) is -0.126. The molecule has 1 amide bonds. The maximum atomic E-state index is 13.8. The molecular formula is C12H14ClFN2O4S. The number of carbonyl (C=O) groups excluding carboxylic acids is 1. The van der Waals surface area contributed by atoms with Gasteiger partial charge in [-0.05, 0) is 18.9 Å². The van der Waals surface area contributed by atoms with Gasteiger partial charge in [-0.25, -0.2) is 17.6 Å². The number of ether oxygens (including phenoxy) is 1. The van der Waals surface area contributed by atoms with Crippen molar-refractivity contribution < 1.29 is 22.3 Å². The van der Waals surface area contributed by atoms with Gasteiger partial charge in [0, 0.05) is 19.2 Å². The number of halogens is 2. The van der Waals surface area contributed by atoms with Gasteiger partial charge in [0.2, 0.25) is 10.0 Å². The zero-order valence-electron chi connectivity index (χ0n) is 11.2. The van der Waals surface area contributed by atoms with Gasteiger partial charge in [-0.1, -0.05) is 11.6 Å². The Labute approximate surface area is 126 Å². The van der Waals surface area contributed by atoms with Crippen molar-refractivity contribution in [3.63, 3.8) is 0 Å². The van der Waals surface area contributed by atoms with E-state index in [1.807, 2.05) is 0 Å². The van der Waals surface area contributed by atoms with Crippen LogP contribution in [0.25, 0.3) is 0 Å². The van der Waals surface area contributed by atoms with E-state index in [9.17, 15) is 17.6 Å². The Balaban J connectivity index is 2.22.